The van der Waals surface area contributed by atoms with Crippen molar-refractivity contribution in [1.82, 2.24) is 4.90 Å². The van der Waals surface area contributed by atoms with Crippen LogP contribution in [0, 0.1) is 11.8 Å². The van der Waals surface area contributed by atoms with Crippen LogP contribution in [0.5, 0.6) is 17.2 Å². The summed E-state index contributed by atoms with van der Waals surface area (Å²) in [6.07, 6.45) is 2.93. The van der Waals surface area contributed by atoms with Crippen LogP contribution >= 0.6 is 0 Å². The number of hydrogen-bond donors (Lipinski definition) is 1. The maximum absolute atomic E-state index is 10.7. The van der Waals surface area contributed by atoms with E-state index in [2.05, 4.69) is 4.90 Å². The van der Waals surface area contributed by atoms with E-state index in [1.54, 1.807) is 0 Å². The summed E-state index contributed by atoms with van der Waals surface area (Å²) >= 11 is 0. The van der Waals surface area contributed by atoms with Gasteiger partial charge in [0.05, 0.1) is 19.3 Å². The maximum Gasteiger partial charge on any atom is 0.231 e. The molecule has 7 nitrogen and oxygen atoms in total. The van der Waals surface area contributed by atoms with Gasteiger partial charge in [0.15, 0.2) is 17.8 Å². The average molecular weight is 391 g/mol. The molecular formula is C21H29NO6. The lowest BCUT2D eigenvalue weighted by molar-refractivity contribution is -0.182. The van der Waals surface area contributed by atoms with Crippen LogP contribution in [0.3, 0.4) is 0 Å². The average Bonchev–Trinajstić information content (AvgIpc) is 3.33. The molecule has 3 fully saturated rings. The second-order valence-electron chi connectivity index (χ2n) is 8.30. The molecule has 4 atom stereocenters. The molecule has 1 aromatic rings. The number of aliphatic hydroxyl groups excluding tert-OH is 1. The van der Waals surface area contributed by atoms with Gasteiger partial charge < -0.3 is 33.7 Å². The molecule has 0 radical (unpaired) electrons. The predicted octanol–water partition coefficient (Wildman–Crippen LogP) is 2.02. The Bertz CT molecular complexity index is 679. The minimum Gasteiger partial charge on any atom is -0.488 e. The molecule has 0 unspecified atom stereocenters. The Labute approximate surface area is 165 Å². The monoisotopic (exact) mass is 391 g/mol. The number of aliphatic hydroxyl groups is 1. The molecule has 1 aromatic carbocycles. The van der Waals surface area contributed by atoms with Crippen molar-refractivity contribution < 1.29 is 28.8 Å². The van der Waals surface area contributed by atoms with E-state index in [4.69, 9.17) is 23.7 Å². The molecule has 2 saturated heterocycles. The molecule has 1 saturated carbocycles. The summed E-state index contributed by atoms with van der Waals surface area (Å²) in [5.41, 5.74) is 0. The molecule has 3 aliphatic heterocycles. The van der Waals surface area contributed by atoms with E-state index in [-0.39, 0.29) is 19.2 Å². The summed E-state index contributed by atoms with van der Waals surface area (Å²) in [4.78, 5) is 2.49. The zero-order valence-electron chi connectivity index (χ0n) is 16.1. The molecule has 0 bridgehead atoms. The van der Waals surface area contributed by atoms with E-state index in [9.17, 15) is 5.11 Å². The normalized spacial score (nSPS) is 33.0. The van der Waals surface area contributed by atoms with Crippen molar-refractivity contribution in [2.45, 2.75) is 44.2 Å². The summed E-state index contributed by atoms with van der Waals surface area (Å²) < 4.78 is 28.2. The highest BCUT2D eigenvalue weighted by Crippen LogP contribution is 2.40. The van der Waals surface area contributed by atoms with Crippen LogP contribution in [0.15, 0.2) is 18.2 Å². The number of benzene rings is 1. The van der Waals surface area contributed by atoms with Gasteiger partial charge in [-0.2, -0.15) is 0 Å². The van der Waals surface area contributed by atoms with E-state index in [0.717, 1.165) is 70.0 Å². The minimum absolute atomic E-state index is 0.0518. The topological polar surface area (TPSA) is 69.6 Å². The molecule has 7 heteroatoms. The quantitative estimate of drug-likeness (QED) is 0.823. The highest BCUT2D eigenvalue weighted by molar-refractivity contribution is 5.46. The molecule has 0 spiro atoms. The van der Waals surface area contributed by atoms with Crippen molar-refractivity contribution in [2.75, 3.05) is 39.6 Å². The van der Waals surface area contributed by atoms with Crippen LogP contribution < -0.4 is 14.2 Å². The van der Waals surface area contributed by atoms with Gasteiger partial charge in [0.1, 0.15) is 11.9 Å². The van der Waals surface area contributed by atoms with Crippen molar-refractivity contribution in [3.05, 3.63) is 18.2 Å². The lowest BCUT2D eigenvalue weighted by Crippen LogP contribution is -2.42. The van der Waals surface area contributed by atoms with Gasteiger partial charge in [-0.15, -0.1) is 0 Å². The highest BCUT2D eigenvalue weighted by atomic mass is 16.7. The predicted molar refractivity (Wildman–Crippen MR) is 101 cm³/mol. The number of hydrogen-bond acceptors (Lipinski definition) is 7. The summed E-state index contributed by atoms with van der Waals surface area (Å²) in [6.45, 7) is 4.96. The van der Waals surface area contributed by atoms with Gasteiger partial charge in [-0.1, -0.05) is 0 Å². The molecule has 3 heterocycles. The van der Waals surface area contributed by atoms with Gasteiger partial charge in [0.2, 0.25) is 6.79 Å². The molecule has 0 amide bonds. The summed E-state index contributed by atoms with van der Waals surface area (Å²) in [5.74, 6) is 3.29. The van der Waals surface area contributed by atoms with E-state index in [0.29, 0.717) is 17.6 Å². The third-order valence-electron chi connectivity index (χ3n) is 6.37. The lowest BCUT2D eigenvalue weighted by Gasteiger charge is -2.35. The number of ether oxygens (including phenoxy) is 5. The first-order valence-electron chi connectivity index (χ1n) is 10.4. The zero-order valence-corrected chi connectivity index (χ0v) is 16.1. The number of rotatable bonds is 5. The fourth-order valence-electron chi connectivity index (χ4n) is 4.91. The molecule has 154 valence electrons. The number of fused-ring (bicyclic) bond motifs is 2. The summed E-state index contributed by atoms with van der Waals surface area (Å²) in [5, 5.41) is 10.7. The second-order valence-corrected chi connectivity index (χ2v) is 8.30. The second kappa shape index (κ2) is 8.06. The minimum atomic E-state index is -0.434. The fourth-order valence-corrected chi connectivity index (χ4v) is 4.91. The maximum atomic E-state index is 10.7. The van der Waals surface area contributed by atoms with Crippen molar-refractivity contribution in [2.24, 2.45) is 11.8 Å². The molecule has 4 aliphatic rings. The van der Waals surface area contributed by atoms with Crippen molar-refractivity contribution >= 4 is 0 Å². The SMILES string of the molecule is O[C@@H]1C[C@H]2CN(CCC3OCCCO3)C[C@H]2C[C@H]1Oc1ccc2c(c1)OCO2. The van der Waals surface area contributed by atoms with Crippen LogP contribution in [0.1, 0.15) is 25.7 Å². The molecular weight excluding hydrogens is 362 g/mol. The van der Waals surface area contributed by atoms with Crippen LogP contribution in [0.2, 0.25) is 0 Å². The van der Waals surface area contributed by atoms with Crippen LogP contribution in [-0.4, -0.2) is 68.1 Å². The Balaban J connectivity index is 1.15. The largest absolute Gasteiger partial charge is 0.488 e. The third kappa shape index (κ3) is 3.94. The van der Waals surface area contributed by atoms with Gasteiger partial charge in [-0.05, 0) is 43.2 Å². The number of nitrogens with zero attached hydrogens (tertiary/aromatic N) is 1. The fraction of sp³-hybridized carbons (Fsp3) is 0.714. The molecule has 28 heavy (non-hydrogen) atoms. The van der Waals surface area contributed by atoms with Crippen LogP contribution in [0.4, 0.5) is 0 Å². The van der Waals surface area contributed by atoms with E-state index in [1.807, 2.05) is 18.2 Å². The van der Waals surface area contributed by atoms with Gasteiger partial charge in [-0.3, -0.25) is 0 Å². The Kier molecular flexibility index (Phi) is 5.32. The first kappa shape index (κ1) is 18.5. The van der Waals surface area contributed by atoms with Gasteiger partial charge in [-0.25, -0.2) is 0 Å². The van der Waals surface area contributed by atoms with Crippen LogP contribution in [-0.2, 0) is 9.47 Å². The summed E-state index contributed by atoms with van der Waals surface area (Å²) in [7, 11) is 0. The Morgan fingerprint density at radius 2 is 1.82 bits per heavy atom. The van der Waals surface area contributed by atoms with E-state index in [1.165, 1.54) is 0 Å². The summed E-state index contributed by atoms with van der Waals surface area (Å²) in [6, 6.07) is 5.60. The third-order valence-corrected chi connectivity index (χ3v) is 6.37. The Morgan fingerprint density at radius 1 is 1.04 bits per heavy atom. The van der Waals surface area contributed by atoms with Crippen LogP contribution in [0.25, 0.3) is 0 Å². The van der Waals surface area contributed by atoms with E-state index >= 15 is 0 Å². The smallest absolute Gasteiger partial charge is 0.231 e. The molecule has 5 rings (SSSR count). The Hall–Kier alpha value is -1.54. The zero-order chi connectivity index (χ0) is 18.9. The van der Waals surface area contributed by atoms with Gasteiger partial charge in [0, 0.05) is 32.1 Å². The highest BCUT2D eigenvalue weighted by Gasteiger charge is 2.42. The Morgan fingerprint density at radius 3 is 2.68 bits per heavy atom. The molecule has 0 aromatic heterocycles. The first-order chi connectivity index (χ1) is 13.7. The molecule has 1 aliphatic carbocycles. The first-order valence-corrected chi connectivity index (χ1v) is 10.4. The van der Waals surface area contributed by atoms with Crippen molar-refractivity contribution in [3.63, 3.8) is 0 Å². The van der Waals surface area contributed by atoms with E-state index < -0.39 is 6.10 Å². The lowest BCUT2D eigenvalue weighted by atomic mass is 9.78. The number of likely N-dealkylation sites (tertiary alicyclic amines) is 1. The van der Waals surface area contributed by atoms with Crippen molar-refractivity contribution in [1.29, 1.82) is 0 Å². The standard InChI is InChI=1S/C21H29NO6/c23-17-8-14-11-22(5-4-21-24-6-1-7-25-21)12-15(14)9-19(17)28-16-2-3-18-20(10-16)27-13-26-18/h2-3,10,14-15,17,19,21,23H,1,4-9,11-13H2/t14-,15+,17+,19+/m0/s1. The van der Waals surface area contributed by atoms with Crippen molar-refractivity contribution in [3.8, 4) is 17.2 Å². The van der Waals surface area contributed by atoms with Gasteiger partial charge in [0.25, 0.3) is 0 Å². The molecule has 1 N–H and O–H groups in total. The van der Waals surface area contributed by atoms with Gasteiger partial charge >= 0.3 is 0 Å².